The predicted molar refractivity (Wildman–Crippen MR) is 141 cm³/mol. The van der Waals surface area contributed by atoms with Crippen LogP contribution in [0.15, 0.2) is 29.7 Å². The van der Waals surface area contributed by atoms with Gasteiger partial charge in [0.1, 0.15) is 34.0 Å². The van der Waals surface area contributed by atoms with E-state index in [1.165, 1.54) is 34.2 Å². The molecular formula is C24H25F2N9OS2. The second-order valence-electron chi connectivity index (χ2n) is 9.02. The first-order valence-corrected chi connectivity index (χ1v) is 13.8. The number of rotatable bonds is 6. The maximum absolute atomic E-state index is 14.1. The van der Waals surface area contributed by atoms with Crippen molar-refractivity contribution in [2.24, 2.45) is 0 Å². The lowest BCUT2D eigenvalue weighted by Gasteiger charge is -2.34. The number of thiazole rings is 1. The maximum atomic E-state index is 14.1. The minimum atomic E-state index is -1.09. The van der Waals surface area contributed by atoms with Crippen LogP contribution >= 0.6 is 23.1 Å². The molecule has 0 unspecified atom stereocenters. The van der Waals surface area contributed by atoms with E-state index in [9.17, 15) is 13.6 Å². The summed E-state index contributed by atoms with van der Waals surface area (Å²) >= 11 is 2.77. The van der Waals surface area contributed by atoms with Crippen molar-refractivity contribution in [3.05, 3.63) is 46.7 Å². The van der Waals surface area contributed by atoms with Crippen molar-refractivity contribution in [2.75, 3.05) is 56.5 Å². The van der Waals surface area contributed by atoms with E-state index in [2.05, 4.69) is 38.2 Å². The van der Waals surface area contributed by atoms with Crippen molar-refractivity contribution in [3.63, 3.8) is 0 Å². The van der Waals surface area contributed by atoms with E-state index in [-0.39, 0.29) is 5.25 Å². The molecule has 0 aliphatic carbocycles. The number of piperazine rings is 1. The molecule has 10 nitrogen and oxygen atoms in total. The Morgan fingerprint density at radius 1 is 1.16 bits per heavy atom. The SMILES string of the molecule is CN1CCN(c2cc(Nc3ncc(C#N)s3)nc(SC3CCN(C(=O)c4c(F)ccnc4F)CC3)n2)CC1. The van der Waals surface area contributed by atoms with Gasteiger partial charge in [0.05, 0.1) is 6.20 Å². The molecule has 5 heterocycles. The van der Waals surface area contributed by atoms with Crippen LogP contribution in [0.25, 0.3) is 0 Å². The molecule has 198 valence electrons. The number of carbonyl (C=O) groups is 1. The molecular weight excluding hydrogens is 532 g/mol. The van der Waals surface area contributed by atoms with E-state index in [0.29, 0.717) is 46.9 Å². The van der Waals surface area contributed by atoms with E-state index >= 15 is 0 Å². The van der Waals surface area contributed by atoms with Gasteiger partial charge in [0, 0.05) is 56.8 Å². The number of anilines is 3. The highest BCUT2D eigenvalue weighted by Crippen LogP contribution is 2.32. The molecule has 3 aromatic heterocycles. The lowest BCUT2D eigenvalue weighted by molar-refractivity contribution is 0.0716. The summed E-state index contributed by atoms with van der Waals surface area (Å²) in [5.74, 6) is -1.29. The Labute approximate surface area is 226 Å². The van der Waals surface area contributed by atoms with Crippen LogP contribution in [-0.4, -0.2) is 87.2 Å². The molecule has 0 spiro atoms. The highest BCUT2D eigenvalue weighted by molar-refractivity contribution is 7.99. The molecule has 2 saturated heterocycles. The van der Waals surface area contributed by atoms with E-state index in [4.69, 9.17) is 15.2 Å². The monoisotopic (exact) mass is 557 g/mol. The van der Waals surface area contributed by atoms with Gasteiger partial charge in [-0.25, -0.2) is 24.3 Å². The van der Waals surface area contributed by atoms with Crippen molar-refractivity contribution >= 4 is 45.8 Å². The average Bonchev–Trinajstić information content (AvgIpc) is 3.36. The van der Waals surface area contributed by atoms with Gasteiger partial charge in [-0.3, -0.25) is 4.79 Å². The van der Waals surface area contributed by atoms with Crippen molar-refractivity contribution in [2.45, 2.75) is 23.2 Å². The third kappa shape index (κ3) is 6.01. The van der Waals surface area contributed by atoms with Crippen LogP contribution in [0.1, 0.15) is 28.1 Å². The molecule has 5 rings (SSSR count). The fourth-order valence-corrected chi connectivity index (χ4v) is 5.97. The fourth-order valence-electron chi connectivity index (χ4n) is 4.31. The molecule has 2 aliphatic rings. The van der Waals surface area contributed by atoms with Crippen LogP contribution in [0.5, 0.6) is 0 Å². The molecule has 2 fully saturated rings. The minimum Gasteiger partial charge on any atom is -0.354 e. The number of piperidine rings is 1. The summed E-state index contributed by atoms with van der Waals surface area (Å²) in [6.07, 6.45) is 3.77. The number of carbonyl (C=O) groups excluding carboxylic acids is 1. The van der Waals surface area contributed by atoms with Crippen LogP contribution in [0, 0.1) is 23.1 Å². The number of nitriles is 1. The van der Waals surface area contributed by atoms with Gasteiger partial charge in [-0.05, 0) is 26.0 Å². The predicted octanol–water partition coefficient (Wildman–Crippen LogP) is 3.37. The number of pyridine rings is 1. The van der Waals surface area contributed by atoms with Crippen LogP contribution in [-0.2, 0) is 0 Å². The summed E-state index contributed by atoms with van der Waals surface area (Å²) in [5.41, 5.74) is -0.612. The van der Waals surface area contributed by atoms with Gasteiger partial charge in [-0.15, -0.1) is 0 Å². The van der Waals surface area contributed by atoms with Gasteiger partial charge >= 0.3 is 0 Å². The molecule has 1 amide bonds. The number of amides is 1. The van der Waals surface area contributed by atoms with Gasteiger partial charge in [-0.1, -0.05) is 23.1 Å². The lowest BCUT2D eigenvalue weighted by atomic mass is 10.1. The van der Waals surface area contributed by atoms with Crippen LogP contribution in [0.4, 0.5) is 25.5 Å². The van der Waals surface area contributed by atoms with Crippen molar-refractivity contribution < 1.29 is 13.6 Å². The molecule has 14 heteroatoms. The van der Waals surface area contributed by atoms with E-state index in [0.717, 1.165) is 44.3 Å². The Morgan fingerprint density at radius 2 is 1.92 bits per heavy atom. The summed E-state index contributed by atoms with van der Waals surface area (Å²) in [7, 11) is 2.09. The van der Waals surface area contributed by atoms with Crippen LogP contribution < -0.4 is 10.2 Å². The summed E-state index contributed by atoms with van der Waals surface area (Å²) in [5, 5.41) is 13.6. The Balaban J connectivity index is 1.29. The number of likely N-dealkylation sites (tertiary alicyclic amines) is 1. The standard InChI is InChI=1S/C24H25F2N9OS2/c1-33-8-10-34(11-9-33)19-12-18(30-23-29-14-16(13-27)38-23)31-24(32-19)37-15-3-6-35(7-4-15)22(36)20-17(25)2-5-28-21(20)26/h2,5,12,14-15H,3-4,6-11H2,1H3,(H,29,30,31,32). The van der Waals surface area contributed by atoms with E-state index in [1.54, 1.807) is 0 Å². The van der Waals surface area contributed by atoms with E-state index in [1.807, 2.05) is 6.07 Å². The van der Waals surface area contributed by atoms with E-state index < -0.39 is 23.2 Å². The number of aromatic nitrogens is 4. The highest BCUT2D eigenvalue weighted by Gasteiger charge is 2.29. The second kappa shape index (κ2) is 11.5. The zero-order chi connectivity index (χ0) is 26.6. The summed E-state index contributed by atoms with van der Waals surface area (Å²) in [6, 6.07) is 4.97. The molecule has 0 bridgehead atoms. The van der Waals surface area contributed by atoms with Gasteiger partial charge in [0.2, 0.25) is 5.95 Å². The number of nitrogens with one attached hydrogen (secondary N) is 1. The first-order chi connectivity index (χ1) is 18.4. The quantitative estimate of drug-likeness (QED) is 0.357. The Bertz CT molecular complexity index is 1330. The number of hydrogen-bond donors (Lipinski definition) is 1. The third-order valence-electron chi connectivity index (χ3n) is 6.44. The molecule has 38 heavy (non-hydrogen) atoms. The summed E-state index contributed by atoms with van der Waals surface area (Å²) < 4.78 is 28.1. The van der Waals surface area contributed by atoms with Crippen molar-refractivity contribution in [3.8, 4) is 6.07 Å². The Kier molecular flexibility index (Phi) is 7.96. The normalized spacial score (nSPS) is 16.9. The van der Waals surface area contributed by atoms with Gasteiger partial charge in [0.25, 0.3) is 5.91 Å². The second-order valence-corrected chi connectivity index (χ2v) is 11.3. The van der Waals surface area contributed by atoms with Gasteiger partial charge < -0.3 is 20.0 Å². The molecule has 0 atom stereocenters. The Morgan fingerprint density at radius 3 is 2.61 bits per heavy atom. The summed E-state index contributed by atoms with van der Waals surface area (Å²) in [4.78, 5) is 36.4. The zero-order valence-corrected chi connectivity index (χ0v) is 22.2. The number of likely N-dealkylation sites (N-methyl/N-ethyl adjacent to an activating group) is 1. The van der Waals surface area contributed by atoms with Crippen LogP contribution in [0.2, 0.25) is 0 Å². The molecule has 0 aromatic carbocycles. The molecule has 1 N–H and O–H groups in total. The number of halogens is 2. The third-order valence-corrected chi connectivity index (χ3v) is 8.45. The first kappa shape index (κ1) is 26.2. The maximum Gasteiger partial charge on any atom is 0.261 e. The minimum absolute atomic E-state index is 0.128. The molecule has 0 saturated carbocycles. The molecule has 2 aliphatic heterocycles. The largest absolute Gasteiger partial charge is 0.354 e. The molecule has 3 aromatic rings. The van der Waals surface area contributed by atoms with Crippen molar-refractivity contribution in [1.82, 2.24) is 29.7 Å². The Hall–Kier alpha value is -3.41. The average molecular weight is 558 g/mol. The topological polar surface area (TPSA) is 114 Å². The zero-order valence-electron chi connectivity index (χ0n) is 20.6. The van der Waals surface area contributed by atoms with Crippen LogP contribution in [0.3, 0.4) is 0 Å². The highest BCUT2D eigenvalue weighted by atomic mass is 32.2. The van der Waals surface area contributed by atoms with Gasteiger partial charge in [-0.2, -0.15) is 9.65 Å². The lowest BCUT2D eigenvalue weighted by Crippen LogP contribution is -2.44. The number of thioether (sulfide) groups is 1. The summed E-state index contributed by atoms with van der Waals surface area (Å²) in [6.45, 7) is 4.27. The first-order valence-electron chi connectivity index (χ1n) is 12.1. The fraction of sp³-hybridized carbons (Fsp3) is 0.417. The molecule has 0 radical (unpaired) electrons. The number of hydrogen-bond acceptors (Lipinski definition) is 11. The smallest absolute Gasteiger partial charge is 0.261 e. The van der Waals surface area contributed by atoms with Crippen molar-refractivity contribution in [1.29, 1.82) is 5.26 Å². The van der Waals surface area contributed by atoms with Gasteiger partial charge in [0.15, 0.2) is 10.3 Å². The number of nitrogens with zero attached hydrogens (tertiary/aromatic N) is 8.